The SMILES string of the molecule is CCOc1ccccc1NC(=O)CSc1cccc(NC(=O)/C(=C\c2ccc(OCc3ccccc3)cc2)NC(=O)c2ccccc2)c1. The van der Waals surface area contributed by atoms with E-state index in [1.54, 1.807) is 60.7 Å². The number of hydrogen-bond donors (Lipinski definition) is 3. The van der Waals surface area contributed by atoms with Crippen molar-refractivity contribution in [2.75, 3.05) is 23.0 Å². The number of hydrogen-bond acceptors (Lipinski definition) is 6. The molecule has 0 saturated carbocycles. The third kappa shape index (κ3) is 10.1. The summed E-state index contributed by atoms with van der Waals surface area (Å²) in [7, 11) is 0. The molecule has 5 aromatic rings. The van der Waals surface area contributed by atoms with E-state index < -0.39 is 11.8 Å². The van der Waals surface area contributed by atoms with Crippen LogP contribution in [0.3, 0.4) is 0 Å². The lowest BCUT2D eigenvalue weighted by molar-refractivity contribution is -0.114. The summed E-state index contributed by atoms with van der Waals surface area (Å²) < 4.78 is 11.5. The Labute approximate surface area is 284 Å². The van der Waals surface area contributed by atoms with Crippen molar-refractivity contribution in [1.29, 1.82) is 0 Å². The fourth-order valence-corrected chi connectivity index (χ4v) is 5.31. The molecule has 3 amide bonds. The van der Waals surface area contributed by atoms with Crippen molar-refractivity contribution in [1.82, 2.24) is 5.32 Å². The second-order valence-corrected chi connectivity index (χ2v) is 11.5. The van der Waals surface area contributed by atoms with Gasteiger partial charge in [0, 0.05) is 16.1 Å². The molecule has 0 fully saturated rings. The van der Waals surface area contributed by atoms with E-state index in [4.69, 9.17) is 9.47 Å². The molecule has 0 heterocycles. The van der Waals surface area contributed by atoms with Gasteiger partial charge in [0.25, 0.3) is 11.8 Å². The minimum absolute atomic E-state index is 0.0622. The number of thioether (sulfide) groups is 1. The van der Waals surface area contributed by atoms with Crippen LogP contribution in [0, 0.1) is 0 Å². The van der Waals surface area contributed by atoms with E-state index >= 15 is 0 Å². The van der Waals surface area contributed by atoms with Crippen LogP contribution in [-0.2, 0) is 16.2 Å². The van der Waals surface area contributed by atoms with Gasteiger partial charge in [-0.15, -0.1) is 11.8 Å². The zero-order valence-corrected chi connectivity index (χ0v) is 27.2. The molecule has 0 aromatic heterocycles. The predicted molar refractivity (Wildman–Crippen MR) is 191 cm³/mol. The molecule has 0 saturated heterocycles. The zero-order valence-electron chi connectivity index (χ0n) is 26.3. The number of carbonyl (C=O) groups excluding carboxylic acids is 3. The summed E-state index contributed by atoms with van der Waals surface area (Å²) in [5.74, 6) is 0.334. The van der Waals surface area contributed by atoms with Crippen LogP contribution < -0.4 is 25.4 Å². The van der Waals surface area contributed by atoms with E-state index in [0.29, 0.717) is 47.2 Å². The number of amides is 3. The van der Waals surface area contributed by atoms with Crippen LogP contribution >= 0.6 is 11.8 Å². The molecule has 0 radical (unpaired) electrons. The highest BCUT2D eigenvalue weighted by molar-refractivity contribution is 8.00. The van der Waals surface area contributed by atoms with E-state index in [1.807, 2.05) is 85.8 Å². The van der Waals surface area contributed by atoms with Crippen molar-refractivity contribution in [3.05, 3.63) is 156 Å². The van der Waals surface area contributed by atoms with Crippen LogP contribution in [0.15, 0.2) is 144 Å². The molecule has 48 heavy (non-hydrogen) atoms. The molecule has 0 spiro atoms. The molecule has 5 rings (SSSR count). The number of anilines is 2. The number of nitrogens with one attached hydrogen (secondary N) is 3. The molecule has 242 valence electrons. The number of ether oxygens (including phenoxy) is 2. The van der Waals surface area contributed by atoms with Crippen LogP contribution in [0.1, 0.15) is 28.4 Å². The van der Waals surface area contributed by atoms with E-state index in [1.165, 1.54) is 11.8 Å². The standard InChI is InChI=1S/C39H35N3O5S/c1-2-46-36-19-10-9-18-34(36)41-37(43)27-48-33-17-11-16-31(25-33)40-39(45)35(42-38(44)30-14-7-4-8-15-30)24-28-20-22-32(23-21-28)47-26-29-12-5-3-6-13-29/h3-25H,2,26-27H2,1H3,(H,40,45)(H,41,43)(H,42,44)/b35-24+. The van der Waals surface area contributed by atoms with Gasteiger partial charge in [-0.2, -0.15) is 0 Å². The van der Waals surface area contributed by atoms with Crippen LogP contribution in [0.25, 0.3) is 6.08 Å². The second-order valence-electron chi connectivity index (χ2n) is 10.5. The van der Waals surface area contributed by atoms with Gasteiger partial charge >= 0.3 is 0 Å². The summed E-state index contributed by atoms with van der Waals surface area (Å²) in [5.41, 5.74) is 3.35. The number of para-hydroxylation sites is 2. The van der Waals surface area contributed by atoms with E-state index in [2.05, 4.69) is 16.0 Å². The lowest BCUT2D eigenvalue weighted by Gasteiger charge is -2.13. The van der Waals surface area contributed by atoms with Crippen molar-refractivity contribution in [3.8, 4) is 11.5 Å². The van der Waals surface area contributed by atoms with Crippen molar-refractivity contribution in [2.24, 2.45) is 0 Å². The zero-order chi connectivity index (χ0) is 33.6. The lowest BCUT2D eigenvalue weighted by Crippen LogP contribution is -2.30. The maximum atomic E-state index is 13.6. The Morgan fingerprint density at radius 3 is 2.19 bits per heavy atom. The molecule has 5 aromatic carbocycles. The molecule has 0 atom stereocenters. The summed E-state index contributed by atoms with van der Waals surface area (Å²) in [5, 5.41) is 8.54. The normalized spacial score (nSPS) is 10.9. The molecular formula is C39H35N3O5S. The first-order valence-electron chi connectivity index (χ1n) is 15.4. The smallest absolute Gasteiger partial charge is 0.272 e. The predicted octanol–water partition coefficient (Wildman–Crippen LogP) is 7.80. The largest absolute Gasteiger partial charge is 0.492 e. The van der Waals surface area contributed by atoms with Crippen molar-refractivity contribution < 1.29 is 23.9 Å². The summed E-state index contributed by atoms with van der Waals surface area (Å²) in [6.45, 7) is 2.81. The molecule has 0 aliphatic rings. The average molecular weight is 658 g/mol. The quantitative estimate of drug-likeness (QED) is 0.0832. The highest BCUT2D eigenvalue weighted by Gasteiger charge is 2.16. The first-order valence-corrected chi connectivity index (χ1v) is 16.4. The Morgan fingerprint density at radius 2 is 1.44 bits per heavy atom. The molecular weight excluding hydrogens is 623 g/mol. The molecule has 3 N–H and O–H groups in total. The summed E-state index contributed by atoms with van der Waals surface area (Å²) in [6.07, 6.45) is 1.61. The maximum absolute atomic E-state index is 13.6. The number of rotatable bonds is 14. The van der Waals surface area contributed by atoms with Gasteiger partial charge < -0.3 is 25.4 Å². The Hall–Kier alpha value is -5.80. The fraction of sp³-hybridized carbons (Fsp3) is 0.103. The highest BCUT2D eigenvalue weighted by atomic mass is 32.2. The average Bonchev–Trinajstić information content (AvgIpc) is 3.12. The Balaban J connectivity index is 1.26. The molecule has 0 bridgehead atoms. The molecule has 9 heteroatoms. The van der Waals surface area contributed by atoms with Gasteiger partial charge in [0.2, 0.25) is 5.91 Å². The van der Waals surface area contributed by atoms with E-state index in [9.17, 15) is 14.4 Å². The minimum Gasteiger partial charge on any atom is -0.492 e. The first-order chi connectivity index (χ1) is 23.5. The van der Waals surface area contributed by atoms with Crippen LogP contribution in [0.5, 0.6) is 11.5 Å². The first kappa shape index (κ1) is 33.6. The lowest BCUT2D eigenvalue weighted by atomic mass is 10.1. The Morgan fingerprint density at radius 1 is 0.729 bits per heavy atom. The van der Waals surface area contributed by atoms with E-state index in [0.717, 1.165) is 10.5 Å². The van der Waals surface area contributed by atoms with Gasteiger partial charge in [0.15, 0.2) is 0 Å². The van der Waals surface area contributed by atoms with E-state index in [-0.39, 0.29) is 17.4 Å². The summed E-state index contributed by atoms with van der Waals surface area (Å²) in [6, 6.07) is 40.3. The van der Waals surface area contributed by atoms with Crippen LogP contribution in [0.2, 0.25) is 0 Å². The van der Waals surface area contributed by atoms with Gasteiger partial charge in [-0.25, -0.2) is 0 Å². The monoisotopic (exact) mass is 657 g/mol. The van der Waals surface area contributed by atoms with Gasteiger partial charge in [-0.05, 0) is 78.7 Å². The Kier molecular flexibility index (Phi) is 12.0. The van der Waals surface area contributed by atoms with Gasteiger partial charge in [0.1, 0.15) is 23.8 Å². The third-order valence-corrected chi connectivity index (χ3v) is 7.88. The van der Waals surface area contributed by atoms with Crippen molar-refractivity contribution in [3.63, 3.8) is 0 Å². The number of carbonyl (C=O) groups is 3. The molecule has 0 aliphatic heterocycles. The van der Waals surface area contributed by atoms with Crippen molar-refractivity contribution in [2.45, 2.75) is 18.4 Å². The summed E-state index contributed by atoms with van der Waals surface area (Å²) >= 11 is 1.33. The van der Waals surface area contributed by atoms with Crippen LogP contribution in [-0.4, -0.2) is 30.1 Å². The molecule has 0 aliphatic carbocycles. The maximum Gasteiger partial charge on any atom is 0.272 e. The van der Waals surface area contributed by atoms with Crippen molar-refractivity contribution >= 4 is 46.9 Å². The van der Waals surface area contributed by atoms with Gasteiger partial charge in [0.05, 0.1) is 18.0 Å². The minimum atomic E-state index is -0.504. The van der Waals surface area contributed by atoms with Crippen LogP contribution in [0.4, 0.5) is 11.4 Å². The highest BCUT2D eigenvalue weighted by Crippen LogP contribution is 2.26. The van der Waals surface area contributed by atoms with Gasteiger partial charge in [-0.1, -0.05) is 78.9 Å². The topological polar surface area (TPSA) is 106 Å². The van der Waals surface area contributed by atoms with Gasteiger partial charge in [-0.3, -0.25) is 14.4 Å². The Bertz CT molecular complexity index is 1860. The second kappa shape index (κ2) is 17.2. The third-order valence-electron chi connectivity index (χ3n) is 6.89. The fourth-order valence-electron chi connectivity index (χ4n) is 4.56. The summed E-state index contributed by atoms with van der Waals surface area (Å²) in [4.78, 5) is 40.1. The molecule has 8 nitrogen and oxygen atoms in total. The number of benzene rings is 5. The molecule has 0 unspecified atom stereocenters.